The molecule has 0 spiro atoms. The lowest BCUT2D eigenvalue weighted by Gasteiger charge is -2.19. The van der Waals surface area contributed by atoms with Crippen LogP contribution in [0, 0.1) is 18.8 Å². The van der Waals surface area contributed by atoms with E-state index in [4.69, 9.17) is 5.11 Å². The Bertz CT molecular complexity index is 616. The second-order valence-electron chi connectivity index (χ2n) is 5.45. The molecule has 0 unspecified atom stereocenters. The maximum atomic E-state index is 12.9. The third-order valence-corrected chi connectivity index (χ3v) is 4.10. The molecule has 1 aromatic carbocycles. The molecule has 9 heteroatoms. The second-order valence-corrected chi connectivity index (χ2v) is 6.36. The summed E-state index contributed by atoms with van der Waals surface area (Å²) >= 11 is 3.26. The number of carbonyl (C=O) groups excluding carboxylic acids is 1. The third-order valence-electron chi connectivity index (χ3n) is 3.64. The van der Waals surface area contributed by atoms with Gasteiger partial charge in [0.25, 0.3) is 0 Å². The fourth-order valence-electron chi connectivity index (χ4n) is 2.56. The van der Waals surface area contributed by atoms with Crippen LogP contribution >= 0.6 is 15.9 Å². The molecule has 0 aliphatic carbocycles. The fraction of sp³-hybridized carbons (Fsp3) is 0.429. The summed E-state index contributed by atoms with van der Waals surface area (Å²) in [7, 11) is 0. The summed E-state index contributed by atoms with van der Waals surface area (Å²) in [5, 5.41) is 11.4. The van der Waals surface area contributed by atoms with Gasteiger partial charge in [0.15, 0.2) is 0 Å². The van der Waals surface area contributed by atoms with Crippen LogP contribution in [-0.4, -0.2) is 41.3 Å². The minimum Gasteiger partial charge on any atom is -0.481 e. The van der Waals surface area contributed by atoms with E-state index in [1.807, 2.05) is 6.07 Å². The minimum absolute atomic E-state index is 0.421. The Hall–Kier alpha value is -1.77. The van der Waals surface area contributed by atoms with Crippen molar-refractivity contribution in [1.82, 2.24) is 4.90 Å². The lowest BCUT2D eigenvalue weighted by atomic mass is 9.96. The highest BCUT2D eigenvalue weighted by Crippen LogP contribution is 2.38. The summed E-state index contributed by atoms with van der Waals surface area (Å²) in [6.07, 6.45) is -4.66. The number of nitrogens with zero attached hydrogens (tertiary/aromatic N) is 1. The number of amides is 2. The zero-order chi connectivity index (χ0) is 17.4. The van der Waals surface area contributed by atoms with E-state index in [0.29, 0.717) is 10.2 Å². The molecule has 0 saturated carbocycles. The number of aryl methyl sites for hydroxylation is 1. The van der Waals surface area contributed by atoms with Gasteiger partial charge in [0.1, 0.15) is 0 Å². The fourth-order valence-corrected chi connectivity index (χ4v) is 3.17. The Morgan fingerprint density at radius 1 is 1.30 bits per heavy atom. The van der Waals surface area contributed by atoms with Gasteiger partial charge in [-0.15, -0.1) is 0 Å². The van der Waals surface area contributed by atoms with Crippen LogP contribution in [0.25, 0.3) is 0 Å². The molecular weight excluding hydrogens is 381 g/mol. The maximum Gasteiger partial charge on any atom is 0.394 e. The zero-order valence-electron chi connectivity index (χ0n) is 12.0. The van der Waals surface area contributed by atoms with E-state index >= 15 is 0 Å². The van der Waals surface area contributed by atoms with Gasteiger partial charge in [-0.1, -0.05) is 15.9 Å². The topological polar surface area (TPSA) is 69.6 Å². The number of carbonyl (C=O) groups is 2. The number of alkyl halides is 3. The Morgan fingerprint density at radius 2 is 1.96 bits per heavy atom. The SMILES string of the molecule is Cc1cc(Br)cc(NC(=O)N2C[C@@H](C(F)(F)F)[C@H](C(=O)O)C2)c1. The standard InChI is InChI=1S/C14H14BrF3N2O3/c1-7-2-8(15)4-9(3-7)19-13(23)20-5-10(12(21)22)11(6-20)14(16,17)18/h2-4,10-11H,5-6H2,1H3,(H,19,23)(H,21,22)/t10-,11-/m1/s1. The number of likely N-dealkylation sites (tertiary alicyclic amines) is 1. The first kappa shape index (κ1) is 17.6. The molecule has 5 nitrogen and oxygen atoms in total. The average molecular weight is 395 g/mol. The van der Waals surface area contributed by atoms with Gasteiger partial charge in [0.2, 0.25) is 0 Å². The number of hydrogen-bond donors (Lipinski definition) is 2. The van der Waals surface area contributed by atoms with Crippen molar-refractivity contribution in [1.29, 1.82) is 0 Å². The van der Waals surface area contributed by atoms with Crippen molar-refractivity contribution < 1.29 is 27.9 Å². The van der Waals surface area contributed by atoms with E-state index in [2.05, 4.69) is 21.2 Å². The van der Waals surface area contributed by atoms with Crippen LogP contribution in [0.4, 0.5) is 23.7 Å². The van der Waals surface area contributed by atoms with E-state index in [-0.39, 0.29) is 0 Å². The van der Waals surface area contributed by atoms with Crippen molar-refractivity contribution in [2.45, 2.75) is 13.1 Å². The molecule has 2 rings (SSSR count). The summed E-state index contributed by atoms with van der Waals surface area (Å²) in [5.74, 6) is -5.26. The Labute approximate surface area is 138 Å². The number of halogens is 4. The minimum atomic E-state index is -4.66. The highest BCUT2D eigenvalue weighted by atomic mass is 79.9. The number of rotatable bonds is 2. The summed E-state index contributed by atoms with van der Waals surface area (Å²) in [6.45, 7) is 0.661. The molecule has 1 saturated heterocycles. The lowest BCUT2D eigenvalue weighted by Crippen LogP contribution is -2.35. The van der Waals surface area contributed by atoms with Crippen LogP contribution < -0.4 is 5.32 Å². The molecule has 0 bridgehead atoms. The van der Waals surface area contributed by atoms with Gasteiger partial charge in [-0.2, -0.15) is 13.2 Å². The average Bonchev–Trinajstić information content (AvgIpc) is 2.82. The first-order valence-corrected chi connectivity index (χ1v) is 7.50. The van der Waals surface area contributed by atoms with Gasteiger partial charge < -0.3 is 15.3 Å². The number of nitrogens with one attached hydrogen (secondary N) is 1. The first-order chi connectivity index (χ1) is 10.6. The number of anilines is 1. The van der Waals surface area contributed by atoms with Gasteiger partial charge in [0, 0.05) is 23.2 Å². The van der Waals surface area contributed by atoms with Gasteiger partial charge in [-0.25, -0.2) is 4.79 Å². The van der Waals surface area contributed by atoms with E-state index in [1.165, 1.54) is 0 Å². The van der Waals surface area contributed by atoms with Gasteiger partial charge >= 0.3 is 18.2 Å². The Kier molecular flexibility index (Phi) is 4.88. The summed E-state index contributed by atoms with van der Waals surface area (Å²) < 4.78 is 39.5. The Morgan fingerprint density at radius 3 is 2.43 bits per heavy atom. The molecule has 2 N–H and O–H groups in total. The third kappa shape index (κ3) is 4.15. The van der Waals surface area contributed by atoms with E-state index in [1.54, 1.807) is 19.1 Å². The number of carboxylic acid groups (broad SMARTS) is 1. The molecule has 0 radical (unpaired) electrons. The number of carboxylic acids is 1. The molecule has 1 aromatic rings. The molecule has 2 amide bonds. The first-order valence-electron chi connectivity index (χ1n) is 6.70. The summed E-state index contributed by atoms with van der Waals surface area (Å²) in [4.78, 5) is 24.0. The lowest BCUT2D eigenvalue weighted by molar-refractivity contribution is -0.187. The molecular formula is C14H14BrF3N2O3. The zero-order valence-corrected chi connectivity index (χ0v) is 13.6. The molecule has 2 atom stereocenters. The van der Waals surface area contributed by atoms with Gasteiger partial charge in [-0.05, 0) is 30.7 Å². The van der Waals surface area contributed by atoms with Gasteiger partial charge in [0.05, 0.1) is 11.8 Å². The van der Waals surface area contributed by atoms with Crippen molar-refractivity contribution >= 4 is 33.6 Å². The molecule has 23 heavy (non-hydrogen) atoms. The van der Waals surface area contributed by atoms with Crippen LogP contribution in [-0.2, 0) is 4.79 Å². The van der Waals surface area contributed by atoms with Crippen molar-refractivity contribution in [2.75, 3.05) is 18.4 Å². The number of hydrogen-bond acceptors (Lipinski definition) is 2. The van der Waals surface area contributed by atoms with Crippen molar-refractivity contribution in [2.24, 2.45) is 11.8 Å². The normalized spacial score (nSPS) is 21.3. The molecule has 1 aliphatic heterocycles. The highest BCUT2D eigenvalue weighted by Gasteiger charge is 2.53. The number of urea groups is 1. The van der Waals surface area contributed by atoms with E-state index in [0.717, 1.165) is 10.5 Å². The van der Waals surface area contributed by atoms with E-state index < -0.39 is 43.1 Å². The smallest absolute Gasteiger partial charge is 0.394 e. The van der Waals surface area contributed by atoms with Crippen LogP contribution in [0.2, 0.25) is 0 Å². The second kappa shape index (κ2) is 6.38. The maximum absolute atomic E-state index is 12.9. The quantitative estimate of drug-likeness (QED) is 0.806. The summed E-state index contributed by atoms with van der Waals surface area (Å²) in [6, 6.07) is 4.33. The van der Waals surface area contributed by atoms with Crippen LogP contribution in [0.3, 0.4) is 0 Å². The summed E-state index contributed by atoms with van der Waals surface area (Å²) in [5.41, 5.74) is 1.27. The molecule has 0 aromatic heterocycles. The number of benzene rings is 1. The monoisotopic (exact) mass is 394 g/mol. The molecule has 1 aliphatic rings. The van der Waals surface area contributed by atoms with Crippen LogP contribution in [0.15, 0.2) is 22.7 Å². The predicted octanol–water partition coefficient (Wildman–Crippen LogP) is 3.48. The Balaban J connectivity index is 2.13. The van der Waals surface area contributed by atoms with Crippen LogP contribution in [0.1, 0.15) is 5.56 Å². The molecule has 1 fully saturated rings. The van der Waals surface area contributed by atoms with Crippen LogP contribution in [0.5, 0.6) is 0 Å². The largest absolute Gasteiger partial charge is 0.481 e. The van der Waals surface area contributed by atoms with Crippen molar-refractivity contribution in [3.63, 3.8) is 0 Å². The van der Waals surface area contributed by atoms with E-state index in [9.17, 15) is 22.8 Å². The molecule has 126 valence electrons. The van der Waals surface area contributed by atoms with Gasteiger partial charge in [-0.3, -0.25) is 4.79 Å². The predicted molar refractivity (Wildman–Crippen MR) is 80.1 cm³/mol. The van der Waals surface area contributed by atoms with Crippen molar-refractivity contribution in [3.05, 3.63) is 28.2 Å². The van der Waals surface area contributed by atoms with Crippen molar-refractivity contribution in [3.8, 4) is 0 Å². The highest BCUT2D eigenvalue weighted by molar-refractivity contribution is 9.10. The number of aliphatic carboxylic acids is 1. The molecule has 1 heterocycles.